The minimum absolute atomic E-state index is 0.232. The minimum Gasteiger partial charge on any atom is -0.0587 e. The van der Waals surface area contributed by atoms with Crippen LogP contribution in [0.5, 0.6) is 0 Å². The van der Waals surface area contributed by atoms with Gasteiger partial charge < -0.3 is 4.42 Å². The Morgan fingerprint density at radius 2 is 1.21 bits per heavy atom. The number of hydrogen-bond donors (Lipinski definition) is 0. The molecule has 0 amide bonds. The number of para-hydroxylation sites is 2. The van der Waals surface area contributed by atoms with Crippen LogP contribution >= 0.6 is 0 Å². The van der Waals surface area contributed by atoms with Crippen molar-refractivity contribution in [2.24, 2.45) is 5.92 Å². The Balaban J connectivity index is 1.09. The van der Waals surface area contributed by atoms with E-state index in [1.807, 2.05) is 12.1 Å². The van der Waals surface area contributed by atoms with Crippen LogP contribution in [0.4, 0.5) is 17.1 Å². The molecular weight excluding hydrogens is 701 g/mol. The van der Waals surface area contributed by atoms with Crippen molar-refractivity contribution in [3.05, 3.63) is 240 Å². The zero-order valence-corrected chi connectivity index (χ0v) is 32.3. The van der Waals surface area contributed by atoms with Crippen LogP contribution in [0.2, 0.25) is 0 Å². The van der Waals surface area contributed by atoms with Gasteiger partial charge >= 0.3 is 260 Å². The third-order valence-electron chi connectivity index (χ3n) is 12.5. The molecule has 0 spiro atoms. The number of nitrogens with zero attached hydrogens (tertiary/aromatic N) is 1. The molecule has 3 atom stereocenters. The fourth-order valence-corrected chi connectivity index (χ4v) is 9.84. The normalized spacial score (nSPS) is 17.9. The Morgan fingerprint density at radius 3 is 1.97 bits per heavy atom. The Hall–Kier alpha value is -6.97. The number of furan rings is 1. The average Bonchev–Trinajstić information content (AvgIpc) is 3.82. The van der Waals surface area contributed by atoms with Crippen LogP contribution < -0.4 is 4.90 Å². The van der Waals surface area contributed by atoms with Crippen molar-refractivity contribution in [1.29, 1.82) is 0 Å². The van der Waals surface area contributed by atoms with Gasteiger partial charge in [-0.05, 0) is 13.0 Å². The van der Waals surface area contributed by atoms with Gasteiger partial charge in [0.25, 0.3) is 0 Å². The first-order valence-electron chi connectivity index (χ1n) is 20.3. The van der Waals surface area contributed by atoms with Crippen LogP contribution in [0.15, 0.2) is 217 Å². The summed E-state index contributed by atoms with van der Waals surface area (Å²) in [7, 11) is 0. The second-order valence-corrected chi connectivity index (χ2v) is 15.7. The predicted molar refractivity (Wildman–Crippen MR) is 243 cm³/mol. The summed E-state index contributed by atoms with van der Waals surface area (Å²) in [6, 6.07) is 66.5. The fourth-order valence-electron chi connectivity index (χ4n) is 9.84. The molecule has 2 nitrogen and oxygen atoms in total. The first-order chi connectivity index (χ1) is 28.7. The molecule has 2 aromatic heterocycles. The molecule has 2 heterocycles. The van der Waals surface area contributed by atoms with Gasteiger partial charge in [0.05, 0.1) is 0 Å². The zero-order chi connectivity index (χ0) is 38.6. The van der Waals surface area contributed by atoms with Gasteiger partial charge in [0.1, 0.15) is 5.58 Å². The Bertz CT molecular complexity index is 2960. The molecular formula is C55H40BNO. The number of rotatable bonds is 7. The molecule has 0 bridgehead atoms. The third kappa shape index (κ3) is 5.45. The number of allylic oxidation sites excluding steroid dienone is 4. The first-order valence-corrected chi connectivity index (χ1v) is 20.3. The van der Waals surface area contributed by atoms with Crippen LogP contribution in [-0.4, -0.2) is 6.91 Å². The zero-order valence-electron chi connectivity index (χ0n) is 32.3. The van der Waals surface area contributed by atoms with E-state index in [2.05, 4.69) is 219 Å². The van der Waals surface area contributed by atoms with E-state index in [1.54, 1.807) is 0 Å². The van der Waals surface area contributed by atoms with Crippen molar-refractivity contribution in [2.75, 3.05) is 4.90 Å². The van der Waals surface area contributed by atoms with Crippen LogP contribution in [0.3, 0.4) is 0 Å². The van der Waals surface area contributed by atoms with Crippen molar-refractivity contribution in [1.82, 2.24) is 0 Å². The van der Waals surface area contributed by atoms with Gasteiger partial charge in [0.15, 0.2) is 0 Å². The number of benzene rings is 7. The van der Waals surface area contributed by atoms with E-state index in [0.717, 1.165) is 50.1 Å². The number of anilines is 3. The van der Waals surface area contributed by atoms with Gasteiger partial charge in [-0.25, -0.2) is 0 Å². The van der Waals surface area contributed by atoms with E-state index in [-0.39, 0.29) is 17.3 Å². The van der Waals surface area contributed by atoms with Crippen molar-refractivity contribution in [2.45, 2.75) is 18.3 Å². The van der Waals surface area contributed by atoms with Gasteiger partial charge in [-0.3, -0.25) is 0 Å². The van der Waals surface area contributed by atoms with Crippen molar-refractivity contribution >= 4 is 45.9 Å². The first kappa shape index (κ1) is 34.3. The Morgan fingerprint density at radius 1 is 0.552 bits per heavy atom. The molecule has 7 aromatic carbocycles. The molecule has 0 aliphatic heterocycles. The molecule has 3 heteroatoms. The van der Waals surface area contributed by atoms with E-state index >= 15 is 0 Å². The van der Waals surface area contributed by atoms with Crippen LogP contribution in [0.1, 0.15) is 33.6 Å². The van der Waals surface area contributed by atoms with Gasteiger partial charge in [-0.1, -0.05) is 48.0 Å². The van der Waals surface area contributed by atoms with Crippen molar-refractivity contribution in [3.8, 4) is 22.3 Å². The second kappa shape index (κ2) is 13.9. The summed E-state index contributed by atoms with van der Waals surface area (Å²) in [5.74, 6) is 2.68. The van der Waals surface area contributed by atoms with E-state index in [0.29, 0.717) is 0 Å². The van der Waals surface area contributed by atoms with E-state index in [4.69, 9.17) is 4.42 Å². The summed E-state index contributed by atoms with van der Waals surface area (Å²) in [5.41, 5.74) is 16.0. The SMILES string of the molecule is Cc1ccc(-c2ccc(N(c3ccc(-c4cccc5c4oc4ccccc45)cc3)c3ccc4c(c3)C(c3bcccc3)(c3ccccc3)C3C=CC=CC43)cc2)cc1. The molecule has 274 valence electrons. The summed E-state index contributed by atoms with van der Waals surface area (Å²) in [5, 5.41) is 2.27. The van der Waals surface area contributed by atoms with E-state index in [1.165, 1.54) is 38.8 Å². The smallest absolute Gasteiger partial charge is 0.0587 e. The van der Waals surface area contributed by atoms with Gasteiger partial charge in [-0.15, -0.1) is 0 Å². The molecule has 11 rings (SSSR count). The van der Waals surface area contributed by atoms with Crippen molar-refractivity contribution < 1.29 is 4.42 Å². The fraction of sp³-hybridized carbons (Fsp3) is 0.0727. The number of fused-ring (bicyclic) bond motifs is 6. The van der Waals surface area contributed by atoms with E-state index < -0.39 is 0 Å². The maximum absolute atomic E-state index is 6.46. The molecule has 0 saturated carbocycles. The Labute approximate surface area is 340 Å². The van der Waals surface area contributed by atoms with Gasteiger partial charge in [-0.2, -0.15) is 0 Å². The minimum atomic E-state index is -0.379. The summed E-state index contributed by atoms with van der Waals surface area (Å²) in [6.07, 6.45) is 9.30. The molecule has 3 unspecified atom stereocenters. The van der Waals surface area contributed by atoms with Crippen molar-refractivity contribution in [3.63, 3.8) is 0 Å². The monoisotopic (exact) mass is 741 g/mol. The molecule has 0 N–H and O–H groups in total. The van der Waals surface area contributed by atoms with Crippen LogP contribution in [-0.2, 0) is 5.41 Å². The molecule has 2 aliphatic carbocycles. The molecule has 0 radical (unpaired) electrons. The summed E-state index contributed by atoms with van der Waals surface area (Å²) in [4.78, 5) is 2.42. The summed E-state index contributed by atoms with van der Waals surface area (Å²) < 4.78 is 6.46. The average molecular weight is 742 g/mol. The standard InChI is InChI=1S/C55H40BNO/c1-37-21-23-38(24-22-37)39-25-29-42(30-26-39)57(43-31-27-40(28-32-43)45-16-11-17-49-48-15-6-8-19-52(48)58-54(45)49)44-33-34-47-46-14-5-7-18-50(46)55(51(47)36-44,41-12-3-2-4-13-41)53-20-9-10-35-56-53/h2-36,46,50H,1H3. The summed E-state index contributed by atoms with van der Waals surface area (Å²) >= 11 is 0. The van der Waals surface area contributed by atoms with Crippen LogP contribution in [0.25, 0.3) is 44.2 Å². The van der Waals surface area contributed by atoms with Gasteiger partial charge in [0, 0.05) is 10.8 Å². The molecule has 0 saturated heterocycles. The Kier molecular flexibility index (Phi) is 8.22. The molecule has 9 aromatic rings. The molecule has 0 fully saturated rings. The molecule has 2 aliphatic rings. The predicted octanol–water partition coefficient (Wildman–Crippen LogP) is 14.2. The maximum atomic E-state index is 6.46. The quantitative estimate of drug-likeness (QED) is 0.162. The van der Waals surface area contributed by atoms with Crippen LogP contribution in [0, 0.1) is 12.8 Å². The van der Waals surface area contributed by atoms with E-state index in [9.17, 15) is 0 Å². The third-order valence-corrected chi connectivity index (χ3v) is 12.5. The second-order valence-electron chi connectivity index (χ2n) is 15.7. The van der Waals surface area contributed by atoms with Gasteiger partial charge in [0.2, 0.25) is 0 Å². The number of aryl methyl sites for hydroxylation is 1. The number of hydrogen-bond acceptors (Lipinski definition) is 2. The summed E-state index contributed by atoms with van der Waals surface area (Å²) in [6.45, 7) is 4.45. The molecule has 58 heavy (non-hydrogen) atoms. The topological polar surface area (TPSA) is 16.4 Å².